The first-order valence-electron chi connectivity index (χ1n) is 9.13. The second kappa shape index (κ2) is 8.74. The van der Waals surface area contributed by atoms with Gasteiger partial charge in [-0.15, -0.1) is 0 Å². The molecule has 9 heteroatoms. The summed E-state index contributed by atoms with van der Waals surface area (Å²) in [5.74, 6) is 0. The summed E-state index contributed by atoms with van der Waals surface area (Å²) in [5, 5.41) is 18.8. The van der Waals surface area contributed by atoms with Crippen LogP contribution in [0.15, 0.2) is 72.0 Å². The Morgan fingerprint density at radius 3 is 2.80 bits per heavy atom. The van der Waals surface area contributed by atoms with Gasteiger partial charge >= 0.3 is 0 Å². The number of fused-ring (bicyclic) bond motifs is 1. The summed E-state index contributed by atoms with van der Waals surface area (Å²) in [6.07, 6.45) is 5.69. The molecule has 2 aromatic heterocycles. The molecular weight excluding hydrogens is 422 g/mol. The van der Waals surface area contributed by atoms with E-state index in [1.807, 2.05) is 37.5 Å². The monoisotopic (exact) mass is 439 g/mol. The van der Waals surface area contributed by atoms with Gasteiger partial charge in [-0.25, -0.2) is 0 Å². The second-order valence-corrected chi connectivity index (χ2v) is 8.02. The van der Waals surface area contributed by atoms with E-state index in [9.17, 15) is 10.1 Å². The number of hydrogen-bond donors (Lipinski definition) is 2. The van der Waals surface area contributed by atoms with Crippen LogP contribution in [0.3, 0.4) is 0 Å². The minimum atomic E-state index is -0.465. The summed E-state index contributed by atoms with van der Waals surface area (Å²) in [6, 6.07) is 14.4. The average molecular weight is 440 g/mol. The van der Waals surface area contributed by atoms with E-state index in [1.165, 1.54) is 17.7 Å². The standard InChI is InChI=1S/C21H18ClN5O2S/c1-23-11-14-13-26(30-17-3-2-8-24-12-17)21-9-15(4-6-18(14)21)25-20-7-5-16(27(28)29)10-19(20)22/h2-10,12-13,23,25H,11H2,1H3. The van der Waals surface area contributed by atoms with Crippen LogP contribution < -0.4 is 10.6 Å². The molecule has 152 valence electrons. The quantitative estimate of drug-likeness (QED) is 0.287. The molecule has 7 nitrogen and oxygen atoms in total. The van der Waals surface area contributed by atoms with Gasteiger partial charge in [0.1, 0.15) is 0 Å². The topological polar surface area (TPSA) is 85.0 Å². The van der Waals surface area contributed by atoms with E-state index in [0.29, 0.717) is 10.7 Å². The number of hydrogen-bond acceptors (Lipinski definition) is 6. The van der Waals surface area contributed by atoms with Gasteiger partial charge in [0, 0.05) is 53.2 Å². The fourth-order valence-corrected chi connectivity index (χ4v) is 4.27. The smallest absolute Gasteiger partial charge is 0.271 e. The van der Waals surface area contributed by atoms with Crippen molar-refractivity contribution in [3.05, 3.63) is 87.8 Å². The molecule has 0 aliphatic carbocycles. The van der Waals surface area contributed by atoms with Gasteiger partial charge in [-0.3, -0.25) is 19.1 Å². The lowest BCUT2D eigenvalue weighted by molar-refractivity contribution is -0.384. The Labute approximate surface area is 182 Å². The Bertz CT molecular complexity index is 1210. The van der Waals surface area contributed by atoms with E-state index in [4.69, 9.17) is 11.6 Å². The number of benzene rings is 2. The number of rotatable bonds is 7. The summed E-state index contributed by atoms with van der Waals surface area (Å²) in [7, 11) is 1.92. The maximum atomic E-state index is 10.9. The van der Waals surface area contributed by atoms with E-state index >= 15 is 0 Å². The third-order valence-corrected chi connectivity index (χ3v) is 5.77. The first kappa shape index (κ1) is 20.2. The number of nitrogens with one attached hydrogen (secondary N) is 2. The maximum absolute atomic E-state index is 10.9. The number of anilines is 2. The Morgan fingerprint density at radius 2 is 2.10 bits per heavy atom. The zero-order valence-corrected chi connectivity index (χ0v) is 17.6. The van der Waals surface area contributed by atoms with Gasteiger partial charge in [0.05, 0.1) is 21.2 Å². The van der Waals surface area contributed by atoms with Gasteiger partial charge in [0.2, 0.25) is 0 Å². The van der Waals surface area contributed by atoms with Crippen LogP contribution in [0.2, 0.25) is 5.02 Å². The van der Waals surface area contributed by atoms with Crippen molar-refractivity contribution in [3.63, 3.8) is 0 Å². The van der Waals surface area contributed by atoms with Crippen molar-refractivity contribution in [2.24, 2.45) is 0 Å². The highest BCUT2D eigenvalue weighted by Crippen LogP contribution is 2.34. The van der Waals surface area contributed by atoms with Gasteiger partial charge in [-0.1, -0.05) is 17.7 Å². The summed E-state index contributed by atoms with van der Waals surface area (Å²) in [6.45, 7) is 0.748. The molecule has 0 spiro atoms. The molecule has 0 bridgehead atoms. The summed E-state index contributed by atoms with van der Waals surface area (Å²) >= 11 is 7.82. The normalized spacial score (nSPS) is 11.0. The van der Waals surface area contributed by atoms with Gasteiger partial charge < -0.3 is 10.6 Å². The molecule has 30 heavy (non-hydrogen) atoms. The lowest BCUT2D eigenvalue weighted by Gasteiger charge is -2.10. The highest BCUT2D eigenvalue weighted by Gasteiger charge is 2.13. The Kier molecular flexibility index (Phi) is 5.89. The molecule has 4 aromatic rings. The maximum Gasteiger partial charge on any atom is 0.271 e. The number of nitrogens with zero attached hydrogens (tertiary/aromatic N) is 3. The largest absolute Gasteiger partial charge is 0.354 e. The van der Waals surface area contributed by atoms with Crippen molar-refractivity contribution >= 4 is 51.5 Å². The number of aromatic nitrogens is 2. The summed E-state index contributed by atoms with van der Waals surface area (Å²) < 4.78 is 2.11. The fourth-order valence-electron chi connectivity index (χ4n) is 3.14. The molecule has 0 saturated carbocycles. The van der Waals surface area contributed by atoms with Crippen LogP contribution in [0.5, 0.6) is 0 Å². The van der Waals surface area contributed by atoms with Gasteiger partial charge in [-0.2, -0.15) is 0 Å². The third-order valence-electron chi connectivity index (χ3n) is 4.50. The molecule has 0 saturated heterocycles. The van der Waals surface area contributed by atoms with Crippen LogP contribution in [0, 0.1) is 10.1 Å². The molecule has 0 unspecified atom stereocenters. The molecule has 2 heterocycles. The molecule has 0 aliphatic rings. The average Bonchev–Trinajstić information content (AvgIpc) is 3.07. The minimum Gasteiger partial charge on any atom is -0.354 e. The van der Waals surface area contributed by atoms with Gasteiger partial charge in [0.15, 0.2) is 0 Å². The Balaban J connectivity index is 1.70. The van der Waals surface area contributed by atoms with Crippen LogP contribution >= 0.6 is 23.5 Å². The van der Waals surface area contributed by atoms with E-state index in [-0.39, 0.29) is 5.69 Å². The lowest BCUT2D eigenvalue weighted by atomic mass is 10.1. The predicted molar refractivity (Wildman–Crippen MR) is 122 cm³/mol. The zero-order chi connectivity index (χ0) is 21.1. The van der Waals surface area contributed by atoms with Crippen molar-refractivity contribution in [2.45, 2.75) is 11.4 Å². The Hall–Kier alpha value is -3.07. The van der Waals surface area contributed by atoms with Crippen LogP contribution in [0.25, 0.3) is 10.9 Å². The second-order valence-electron chi connectivity index (χ2n) is 6.57. The molecule has 0 radical (unpaired) electrons. The van der Waals surface area contributed by atoms with E-state index in [1.54, 1.807) is 24.2 Å². The van der Waals surface area contributed by atoms with Crippen molar-refractivity contribution in [2.75, 3.05) is 12.4 Å². The minimum absolute atomic E-state index is 0.0422. The molecule has 2 N–H and O–H groups in total. The van der Waals surface area contributed by atoms with Crippen molar-refractivity contribution < 1.29 is 4.92 Å². The predicted octanol–water partition coefficient (Wildman–Crippen LogP) is 5.62. The highest BCUT2D eigenvalue weighted by atomic mass is 35.5. The summed E-state index contributed by atoms with van der Waals surface area (Å²) in [4.78, 5) is 15.7. The van der Waals surface area contributed by atoms with Crippen LogP contribution in [-0.4, -0.2) is 20.9 Å². The van der Waals surface area contributed by atoms with Crippen LogP contribution in [0.1, 0.15) is 5.56 Å². The number of halogens is 1. The first-order chi connectivity index (χ1) is 14.5. The molecule has 4 rings (SSSR count). The molecule has 0 aliphatic heterocycles. The third kappa shape index (κ3) is 4.25. The molecule has 0 atom stereocenters. The molecular formula is C21H18ClN5O2S. The van der Waals surface area contributed by atoms with Crippen LogP contribution in [0.4, 0.5) is 17.1 Å². The first-order valence-corrected chi connectivity index (χ1v) is 10.3. The molecule has 0 amide bonds. The molecule has 2 aromatic carbocycles. The van der Waals surface area contributed by atoms with Gasteiger partial charge in [0.25, 0.3) is 5.69 Å². The van der Waals surface area contributed by atoms with E-state index in [0.717, 1.165) is 28.0 Å². The van der Waals surface area contributed by atoms with E-state index in [2.05, 4.69) is 31.9 Å². The highest BCUT2D eigenvalue weighted by molar-refractivity contribution is 7.98. The van der Waals surface area contributed by atoms with Crippen molar-refractivity contribution in [3.8, 4) is 0 Å². The summed E-state index contributed by atoms with van der Waals surface area (Å²) in [5.41, 5.74) is 3.62. The number of nitro groups is 1. The van der Waals surface area contributed by atoms with Crippen molar-refractivity contribution in [1.82, 2.24) is 14.3 Å². The fraction of sp³-hybridized carbons (Fsp3) is 0.0952. The molecule has 0 fully saturated rings. The SMILES string of the molecule is CNCc1cn(Sc2cccnc2)c2cc(Nc3ccc([N+](=O)[O-])cc3Cl)ccc12. The number of nitro benzene ring substituents is 1. The van der Waals surface area contributed by atoms with Crippen molar-refractivity contribution in [1.29, 1.82) is 0 Å². The lowest BCUT2D eigenvalue weighted by Crippen LogP contribution is -2.04. The number of pyridine rings is 1. The Morgan fingerprint density at radius 1 is 1.23 bits per heavy atom. The van der Waals surface area contributed by atoms with Gasteiger partial charge in [-0.05, 0) is 54.9 Å². The van der Waals surface area contributed by atoms with Crippen LogP contribution in [-0.2, 0) is 6.54 Å². The number of non-ortho nitro benzene ring substituents is 1. The zero-order valence-electron chi connectivity index (χ0n) is 16.0. The van der Waals surface area contributed by atoms with E-state index < -0.39 is 4.92 Å².